The number of rotatable bonds is 8. The number of nitrogens with one attached hydrogen (secondary N) is 1. The van der Waals surface area contributed by atoms with Gasteiger partial charge in [0.2, 0.25) is 0 Å². The zero-order valence-electron chi connectivity index (χ0n) is 16.4. The standard InChI is InChI=1S/C23H28FN3/c1-4-6-7-8-17(5-2)16(3)27-23-12-9-18(14-26-23)21-15-25-22-13-19(24)10-11-20(21)22/h9-15,17,25H,4-8H2,1-3H3. The fourth-order valence-corrected chi connectivity index (χ4v) is 3.57. The number of nitrogens with zero attached hydrogens (tertiary/aromatic N) is 2. The van der Waals surface area contributed by atoms with Gasteiger partial charge in [-0.25, -0.2) is 14.4 Å². The molecule has 0 fully saturated rings. The van der Waals surface area contributed by atoms with E-state index in [9.17, 15) is 4.39 Å². The predicted molar refractivity (Wildman–Crippen MR) is 112 cm³/mol. The fourth-order valence-electron chi connectivity index (χ4n) is 3.57. The summed E-state index contributed by atoms with van der Waals surface area (Å²) in [5.41, 5.74) is 3.98. The van der Waals surface area contributed by atoms with E-state index < -0.39 is 0 Å². The topological polar surface area (TPSA) is 41.0 Å². The van der Waals surface area contributed by atoms with E-state index >= 15 is 0 Å². The predicted octanol–water partition coefficient (Wildman–Crippen LogP) is 7.07. The molecule has 0 aliphatic carbocycles. The van der Waals surface area contributed by atoms with Gasteiger partial charge in [-0.15, -0.1) is 0 Å². The molecule has 1 aromatic carbocycles. The minimum Gasteiger partial charge on any atom is -0.360 e. The molecule has 3 rings (SSSR count). The Balaban J connectivity index is 1.78. The Morgan fingerprint density at radius 2 is 2.04 bits per heavy atom. The first-order valence-electron chi connectivity index (χ1n) is 9.90. The van der Waals surface area contributed by atoms with Crippen LogP contribution < -0.4 is 0 Å². The van der Waals surface area contributed by atoms with Crippen molar-refractivity contribution in [1.29, 1.82) is 0 Å². The van der Waals surface area contributed by atoms with E-state index in [0.29, 0.717) is 5.92 Å². The second-order valence-corrected chi connectivity index (χ2v) is 7.15. The number of hydrogen-bond donors (Lipinski definition) is 1. The molecule has 0 bridgehead atoms. The van der Waals surface area contributed by atoms with Crippen LogP contribution in [0.15, 0.2) is 47.7 Å². The maximum Gasteiger partial charge on any atom is 0.151 e. The third-order valence-electron chi connectivity index (χ3n) is 5.23. The lowest BCUT2D eigenvalue weighted by Gasteiger charge is -2.14. The van der Waals surface area contributed by atoms with E-state index in [4.69, 9.17) is 4.99 Å². The van der Waals surface area contributed by atoms with E-state index in [1.165, 1.54) is 37.8 Å². The molecule has 2 heterocycles. The lowest BCUT2D eigenvalue weighted by atomic mass is 9.94. The molecular weight excluding hydrogens is 337 g/mol. The maximum atomic E-state index is 13.4. The zero-order valence-corrected chi connectivity index (χ0v) is 16.4. The number of benzene rings is 1. The number of aromatic amines is 1. The molecule has 27 heavy (non-hydrogen) atoms. The van der Waals surface area contributed by atoms with Crippen molar-refractivity contribution >= 4 is 22.4 Å². The van der Waals surface area contributed by atoms with E-state index in [1.54, 1.807) is 6.07 Å². The number of aliphatic imine (C=N–C) groups is 1. The summed E-state index contributed by atoms with van der Waals surface area (Å²) in [6, 6.07) is 8.79. The first-order chi connectivity index (χ1) is 13.1. The SMILES string of the molecule is CCCCCC(CC)C(C)=Nc1ccc(-c2c[nH]c3cc(F)ccc23)cn1. The second kappa shape index (κ2) is 8.94. The molecule has 1 unspecified atom stereocenters. The summed E-state index contributed by atoms with van der Waals surface area (Å²) < 4.78 is 13.4. The van der Waals surface area contributed by atoms with Crippen LogP contribution in [0.1, 0.15) is 52.9 Å². The third-order valence-corrected chi connectivity index (χ3v) is 5.23. The number of aromatic nitrogens is 2. The third kappa shape index (κ3) is 4.62. The average molecular weight is 365 g/mol. The summed E-state index contributed by atoms with van der Waals surface area (Å²) in [6.07, 6.45) is 9.84. The van der Waals surface area contributed by atoms with Gasteiger partial charge in [0.15, 0.2) is 5.82 Å². The van der Waals surface area contributed by atoms with Crippen LogP contribution in [0.4, 0.5) is 10.2 Å². The molecule has 0 spiro atoms. The van der Waals surface area contributed by atoms with Gasteiger partial charge in [0.05, 0.1) is 0 Å². The number of halogens is 1. The smallest absolute Gasteiger partial charge is 0.151 e. The zero-order chi connectivity index (χ0) is 19.2. The molecular formula is C23H28FN3. The minimum atomic E-state index is -0.237. The van der Waals surface area contributed by atoms with Crippen LogP contribution in [-0.4, -0.2) is 15.7 Å². The summed E-state index contributed by atoms with van der Waals surface area (Å²) in [5, 5.41) is 0.993. The second-order valence-electron chi connectivity index (χ2n) is 7.15. The van der Waals surface area contributed by atoms with Crippen LogP contribution >= 0.6 is 0 Å². The summed E-state index contributed by atoms with van der Waals surface area (Å²) in [5.74, 6) is 1.04. The Kier molecular flexibility index (Phi) is 6.38. The van der Waals surface area contributed by atoms with Crippen molar-refractivity contribution < 1.29 is 4.39 Å². The highest BCUT2D eigenvalue weighted by Crippen LogP contribution is 2.29. The van der Waals surface area contributed by atoms with Gasteiger partial charge in [0, 0.05) is 40.1 Å². The Labute approximate surface area is 160 Å². The Bertz CT molecular complexity index is 909. The Hall–Kier alpha value is -2.49. The molecule has 0 aliphatic rings. The highest BCUT2D eigenvalue weighted by molar-refractivity contribution is 5.95. The lowest BCUT2D eigenvalue weighted by molar-refractivity contribution is 0.550. The van der Waals surface area contributed by atoms with Crippen molar-refractivity contribution in [3.05, 3.63) is 48.5 Å². The molecule has 0 saturated heterocycles. The summed E-state index contributed by atoms with van der Waals surface area (Å²) >= 11 is 0. The molecule has 0 saturated carbocycles. The molecule has 2 aromatic heterocycles. The highest BCUT2D eigenvalue weighted by atomic mass is 19.1. The molecule has 0 radical (unpaired) electrons. The van der Waals surface area contributed by atoms with Crippen LogP contribution in [0.5, 0.6) is 0 Å². The summed E-state index contributed by atoms with van der Waals surface area (Å²) in [6.45, 7) is 6.58. The molecule has 1 N–H and O–H groups in total. The monoisotopic (exact) mass is 365 g/mol. The average Bonchev–Trinajstić information content (AvgIpc) is 3.08. The van der Waals surface area contributed by atoms with Gasteiger partial charge >= 0.3 is 0 Å². The summed E-state index contributed by atoms with van der Waals surface area (Å²) in [4.78, 5) is 12.4. The number of pyridine rings is 1. The Morgan fingerprint density at radius 1 is 1.19 bits per heavy atom. The van der Waals surface area contributed by atoms with Gasteiger partial charge in [-0.2, -0.15) is 0 Å². The highest BCUT2D eigenvalue weighted by Gasteiger charge is 2.11. The van der Waals surface area contributed by atoms with Gasteiger partial charge in [0.1, 0.15) is 5.82 Å². The fraction of sp³-hybridized carbons (Fsp3) is 0.391. The van der Waals surface area contributed by atoms with Crippen molar-refractivity contribution in [2.45, 2.75) is 52.9 Å². The van der Waals surface area contributed by atoms with E-state index in [1.807, 2.05) is 24.5 Å². The molecule has 4 heteroatoms. The van der Waals surface area contributed by atoms with Crippen LogP contribution in [0.2, 0.25) is 0 Å². The van der Waals surface area contributed by atoms with Gasteiger partial charge in [-0.1, -0.05) is 33.1 Å². The summed E-state index contributed by atoms with van der Waals surface area (Å²) in [7, 11) is 0. The molecule has 142 valence electrons. The molecule has 0 amide bonds. The quantitative estimate of drug-likeness (QED) is 0.337. The van der Waals surface area contributed by atoms with Gasteiger partial charge in [0.25, 0.3) is 0 Å². The van der Waals surface area contributed by atoms with Gasteiger partial charge in [-0.05, 0) is 56.0 Å². The van der Waals surface area contributed by atoms with E-state index in [0.717, 1.165) is 40.0 Å². The van der Waals surface area contributed by atoms with Crippen molar-refractivity contribution in [2.24, 2.45) is 10.9 Å². The molecule has 3 nitrogen and oxygen atoms in total. The van der Waals surface area contributed by atoms with Crippen molar-refractivity contribution in [1.82, 2.24) is 9.97 Å². The lowest BCUT2D eigenvalue weighted by Crippen LogP contribution is -2.10. The van der Waals surface area contributed by atoms with E-state index in [2.05, 4.69) is 30.7 Å². The number of H-pyrrole nitrogens is 1. The molecule has 1 atom stereocenters. The van der Waals surface area contributed by atoms with Crippen molar-refractivity contribution in [3.8, 4) is 11.1 Å². The molecule has 0 aliphatic heterocycles. The van der Waals surface area contributed by atoms with Crippen molar-refractivity contribution in [2.75, 3.05) is 0 Å². The van der Waals surface area contributed by atoms with Crippen LogP contribution in [-0.2, 0) is 0 Å². The minimum absolute atomic E-state index is 0.237. The van der Waals surface area contributed by atoms with Gasteiger partial charge < -0.3 is 4.98 Å². The first kappa shape index (κ1) is 19.3. The normalized spacial score (nSPS) is 13.3. The number of hydrogen-bond acceptors (Lipinski definition) is 2. The first-order valence-corrected chi connectivity index (χ1v) is 9.90. The van der Waals surface area contributed by atoms with Crippen LogP contribution in [0.25, 0.3) is 22.0 Å². The van der Waals surface area contributed by atoms with E-state index in [-0.39, 0.29) is 5.82 Å². The van der Waals surface area contributed by atoms with Crippen LogP contribution in [0, 0.1) is 11.7 Å². The molecule has 3 aromatic rings. The van der Waals surface area contributed by atoms with Gasteiger partial charge in [-0.3, -0.25) is 0 Å². The number of unbranched alkanes of at least 4 members (excludes halogenated alkanes) is 2. The maximum absolute atomic E-state index is 13.4. The largest absolute Gasteiger partial charge is 0.360 e. The number of fused-ring (bicyclic) bond motifs is 1. The Morgan fingerprint density at radius 3 is 2.74 bits per heavy atom. The van der Waals surface area contributed by atoms with Crippen LogP contribution in [0.3, 0.4) is 0 Å². The van der Waals surface area contributed by atoms with Crippen molar-refractivity contribution in [3.63, 3.8) is 0 Å².